The Morgan fingerprint density at radius 3 is 2.50 bits per heavy atom. The van der Waals surface area contributed by atoms with Crippen LogP contribution in [0.2, 0.25) is 10.0 Å². The van der Waals surface area contributed by atoms with E-state index in [9.17, 15) is 14.9 Å². The minimum Gasteiger partial charge on any atom is -0.482 e. The Labute approximate surface area is 193 Å². The Hall–Kier alpha value is -3.63. The number of carbonyl (C=O) groups excluding carboxylic acids is 1. The van der Waals surface area contributed by atoms with Crippen LogP contribution in [0.4, 0.5) is 23.0 Å². The number of carbonyl (C=O) groups is 1. The van der Waals surface area contributed by atoms with Crippen LogP contribution in [0.15, 0.2) is 48.8 Å². The van der Waals surface area contributed by atoms with Crippen LogP contribution in [0.1, 0.15) is 12.5 Å². The highest BCUT2D eigenvalue weighted by molar-refractivity contribution is 6.35. The second kappa shape index (κ2) is 10.6. The largest absolute Gasteiger partial charge is 0.482 e. The lowest BCUT2D eigenvalue weighted by atomic mass is 10.1. The van der Waals surface area contributed by atoms with Crippen LogP contribution in [0, 0.1) is 10.1 Å². The molecule has 1 amide bonds. The number of nitro groups is 1. The number of ether oxygens (including phenoxy) is 1. The molecule has 0 saturated heterocycles. The molecule has 166 valence electrons. The van der Waals surface area contributed by atoms with Crippen molar-refractivity contribution in [1.82, 2.24) is 15.4 Å². The van der Waals surface area contributed by atoms with Crippen LogP contribution in [-0.2, 0) is 11.2 Å². The third-order valence-electron chi connectivity index (χ3n) is 4.20. The zero-order valence-corrected chi connectivity index (χ0v) is 18.3. The molecule has 12 heteroatoms. The zero-order valence-electron chi connectivity index (χ0n) is 16.8. The third kappa shape index (κ3) is 5.96. The quantitative estimate of drug-likeness (QED) is 0.303. The van der Waals surface area contributed by atoms with E-state index in [4.69, 9.17) is 27.9 Å². The molecule has 0 spiro atoms. The molecule has 0 fully saturated rings. The number of amides is 1. The summed E-state index contributed by atoms with van der Waals surface area (Å²) in [5.74, 6) is -0.584. The minimum absolute atomic E-state index is 0.0322. The van der Waals surface area contributed by atoms with Gasteiger partial charge in [-0.05, 0) is 42.3 Å². The molecule has 32 heavy (non-hydrogen) atoms. The van der Waals surface area contributed by atoms with Gasteiger partial charge in [-0.1, -0.05) is 42.3 Å². The Bertz CT molecular complexity index is 1130. The van der Waals surface area contributed by atoms with E-state index in [1.807, 2.05) is 19.1 Å². The van der Waals surface area contributed by atoms with E-state index in [0.29, 0.717) is 10.7 Å². The zero-order chi connectivity index (χ0) is 23.1. The first-order valence-corrected chi connectivity index (χ1v) is 10.1. The molecule has 1 aromatic heterocycles. The Morgan fingerprint density at radius 1 is 1.12 bits per heavy atom. The van der Waals surface area contributed by atoms with Gasteiger partial charge in [-0.25, -0.2) is 9.97 Å². The van der Waals surface area contributed by atoms with Crippen molar-refractivity contribution in [1.29, 1.82) is 0 Å². The normalized spacial score (nSPS) is 10.3. The number of hydrogen-bond acceptors (Lipinski definition) is 8. The summed E-state index contributed by atoms with van der Waals surface area (Å²) in [6, 6.07) is 11.9. The third-order valence-corrected chi connectivity index (χ3v) is 4.73. The molecule has 0 atom stereocenters. The van der Waals surface area contributed by atoms with E-state index >= 15 is 0 Å². The number of nitrogens with one attached hydrogen (secondary N) is 3. The van der Waals surface area contributed by atoms with E-state index in [-0.39, 0.29) is 22.4 Å². The fourth-order valence-electron chi connectivity index (χ4n) is 2.60. The van der Waals surface area contributed by atoms with Crippen molar-refractivity contribution in [2.75, 3.05) is 17.3 Å². The average Bonchev–Trinajstić information content (AvgIpc) is 2.77. The van der Waals surface area contributed by atoms with Gasteiger partial charge in [0, 0.05) is 10.7 Å². The SMILES string of the molecule is CCc1ccc(Nc2ncnc(NNC(=O)COc3ccc(Cl)cc3Cl)c2[N+](=O)[O-])cc1. The van der Waals surface area contributed by atoms with Gasteiger partial charge in [0.25, 0.3) is 5.91 Å². The van der Waals surface area contributed by atoms with Crippen LogP contribution < -0.4 is 20.9 Å². The predicted molar refractivity (Wildman–Crippen MR) is 122 cm³/mol. The van der Waals surface area contributed by atoms with Crippen molar-refractivity contribution < 1.29 is 14.5 Å². The molecule has 0 aliphatic heterocycles. The Morgan fingerprint density at radius 2 is 1.84 bits per heavy atom. The molecule has 0 saturated carbocycles. The monoisotopic (exact) mass is 476 g/mol. The minimum atomic E-state index is -0.652. The van der Waals surface area contributed by atoms with E-state index in [0.717, 1.165) is 18.3 Å². The van der Waals surface area contributed by atoms with Gasteiger partial charge >= 0.3 is 5.69 Å². The lowest BCUT2D eigenvalue weighted by molar-refractivity contribution is -0.383. The van der Waals surface area contributed by atoms with Gasteiger partial charge in [0.2, 0.25) is 11.6 Å². The molecule has 0 radical (unpaired) electrons. The molecule has 0 aliphatic carbocycles. The topological polar surface area (TPSA) is 131 Å². The van der Waals surface area contributed by atoms with Gasteiger partial charge in [-0.15, -0.1) is 0 Å². The van der Waals surface area contributed by atoms with Crippen molar-refractivity contribution in [2.24, 2.45) is 0 Å². The first kappa shape index (κ1) is 23.0. The molecule has 0 aliphatic rings. The smallest absolute Gasteiger partial charge is 0.355 e. The molecular formula is C20H18Cl2N6O4. The number of halogens is 2. The van der Waals surface area contributed by atoms with E-state index in [1.165, 1.54) is 12.1 Å². The Kier molecular flexibility index (Phi) is 7.63. The van der Waals surface area contributed by atoms with Gasteiger partial charge in [0.05, 0.1) is 9.95 Å². The lowest BCUT2D eigenvalue weighted by Crippen LogP contribution is -2.34. The first-order chi connectivity index (χ1) is 15.4. The molecule has 3 aromatic rings. The van der Waals surface area contributed by atoms with Crippen LogP contribution in [0.25, 0.3) is 0 Å². The maximum Gasteiger partial charge on any atom is 0.355 e. The number of nitrogens with zero attached hydrogens (tertiary/aromatic N) is 3. The first-order valence-electron chi connectivity index (χ1n) is 9.35. The summed E-state index contributed by atoms with van der Waals surface area (Å²) < 4.78 is 5.32. The van der Waals surface area contributed by atoms with Crippen LogP contribution >= 0.6 is 23.2 Å². The highest BCUT2D eigenvalue weighted by Gasteiger charge is 2.23. The fourth-order valence-corrected chi connectivity index (χ4v) is 3.06. The lowest BCUT2D eigenvalue weighted by Gasteiger charge is -2.12. The maximum atomic E-state index is 12.1. The highest BCUT2D eigenvalue weighted by Crippen LogP contribution is 2.31. The molecule has 0 bridgehead atoms. The second-order valence-electron chi connectivity index (χ2n) is 6.39. The summed E-state index contributed by atoms with van der Waals surface area (Å²) in [5, 5.41) is 15.2. The molecule has 3 rings (SSSR count). The number of aryl methyl sites for hydroxylation is 1. The summed E-state index contributed by atoms with van der Waals surface area (Å²) >= 11 is 11.8. The van der Waals surface area contributed by atoms with Gasteiger partial charge < -0.3 is 10.1 Å². The van der Waals surface area contributed by atoms with Crippen molar-refractivity contribution in [3.63, 3.8) is 0 Å². The fraction of sp³-hybridized carbons (Fsp3) is 0.150. The van der Waals surface area contributed by atoms with Crippen LogP contribution in [0.5, 0.6) is 5.75 Å². The van der Waals surface area contributed by atoms with E-state index in [1.54, 1.807) is 18.2 Å². The van der Waals surface area contributed by atoms with Gasteiger partial charge in [-0.2, -0.15) is 0 Å². The molecule has 3 N–H and O–H groups in total. The number of aromatic nitrogens is 2. The van der Waals surface area contributed by atoms with Crippen molar-refractivity contribution >= 4 is 52.1 Å². The second-order valence-corrected chi connectivity index (χ2v) is 7.23. The molecular weight excluding hydrogens is 459 g/mol. The summed E-state index contributed by atoms with van der Waals surface area (Å²) in [7, 11) is 0. The van der Waals surface area contributed by atoms with Crippen molar-refractivity contribution in [2.45, 2.75) is 13.3 Å². The number of benzene rings is 2. The van der Waals surface area contributed by atoms with Crippen LogP contribution in [-0.4, -0.2) is 27.4 Å². The van der Waals surface area contributed by atoms with Gasteiger partial charge in [0.1, 0.15) is 12.1 Å². The number of hydrazine groups is 1. The van der Waals surface area contributed by atoms with Crippen molar-refractivity contribution in [3.05, 3.63) is 74.5 Å². The van der Waals surface area contributed by atoms with Gasteiger partial charge in [-0.3, -0.25) is 25.8 Å². The summed E-state index contributed by atoms with van der Waals surface area (Å²) in [5.41, 5.74) is 6.03. The van der Waals surface area contributed by atoms with Crippen molar-refractivity contribution in [3.8, 4) is 5.75 Å². The molecule has 2 aromatic carbocycles. The van der Waals surface area contributed by atoms with Crippen LogP contribution in [0.3, 0.4) is 0 Å². The van der Waals surface area contributed by atoms with E-state index < -0.39 is 23.1 Å². The molecule has 1 heterocycles. The average molecular weight is 477 g/mol. The number of anilines is 3. The summed E-state index contributed by atoms with van der Waals surface area (Å²) in [4.78, 5) is 30.9. The summed E-state index contributed by atoms with van der Waals surface area (Å²) in [6.07, 6.45) is 2.00. The Balaban J connectivity index is 1.67. The highest BCUT2D eigenvalue weighted by atomic mass is 35.5. The van der Waals surface area contributed by atoms with E-state index in [2.05, 4.69) is 26.1 Å². The number of hydrogen-bond donors (Lipinski definition) is 3. The summed E-state index contributed by atoms with van der Waals surface area (Å²) in [6.45, 7) is 1.63. The molecule has 10 nitrogen and oxygen atoms in total. The predicted octanol–water partition coefficient (Wildman–Crippen LogP) is 4.52. The van der Waals surface area contributed by atoms with Gasteiger partial charge in [0.15, 0.2) is 6.61 Å². The maximum absolute atomic E-state index is 12.1. The number of rotatable bonds is 9. The molecule has 0 unspecified atom stereocenters. The standard InChI is InChI=1S/C20H18Cl2N6O4/c1-2-12-3-6-14(7-4-12)25-19-18(28(30)31)20(24-11-23-19)27-26-17(29)10-32-16-8-5-13(21)9-15(16)22/h3-9,11H,2,10H2,1H3,(H,26,29)(H2,23,24,25,27).